The minimum atomic E-state index is 0.282. The van der Waals surface area contributed by atoms with E-state index in [9.17, 15) is 0 Å². The van der Waals surface area contributed by atoms with Crippen molar-refractivity contribution in [2.45, 2.75) is 26.3 Å². The first-order valence-corrected chi connectivity index (χ1v) is 7.24. The van der Waals surface area contributed by atoms with Gasteiger partial charge < -0.3 is 5.32 Å². The summed E-state index contributed by atoms with van der Waals surface area (Å²) in [5.74, 6) is 0. The molecule has 3 heteroatoms. The first-order chi connectivity index (χ1) is 9.10. The molecule has 0 spiro atoms. The minimum Gasteiger partial charge on any atom is -0.313 e. The van der Waals surface area contributed by atoms with Gasteiger partial charge in [0.2, 0.25) is 0 Å². The lowest BCUT2D eigenvalue weighted by atomic mass is 9.98. The molecule has 0 saturated heterocycles. The Morgan fingerprint density at radius 3 is 2.68 bits per heavy atom. The van der Waals surface area contributed by atoms with Crippen molar-refractivity contribution in [3.05, 3.63) is 63.4 Å². The van der Waals surface area contributed by atoms with Crippen LogP contribution in [0, 0.1) is 13.8 Å². The fraction of sp³-hybridized carbons (Fsp3) is 0.312. The Kier molecular flexibility index (Phi) is 4.72. The third-order valence-corrected chi connectivity index (χ3v) is 3.79. The fourth-order valence-corrected chi connectivity index (χ4v) is 2.90. The van der Waals surface area contributed by atoms with E-state index in [0.717, 1.165) is 16.6 Å². The normalized spacial score (nSPS) is 12.4. The van der Waals surface area contributed by atoms with Gasteiger partial charge in [-0.25, -0.2) is 0 Å². The SMILES string of the molecule is CNC(Cc1ncccc1C)c1cc(C)cc(Br)c1. The van der Waals surface area contributed by atoms with E-state index in [1.807, 2.05) is 19.3 Å². The van der Waals surface area contributed by atoms with Crippen molar-refractivity contribution in [1.29, 1.82) is 0 Å². The topological polar surface area (TPSA) is 24.9 Å². The highest BCUT2D eigenvalue weighted by Gasteiger charge is 2.13. The number of likely N-dealkylation sites (N-methyl/N-ethyl adjacent to an activating group) is 1. The van der Waals surface area contributed by atoms with E-state index in [2.05, 4.69) is 64.3 Å². The Morgan fingerprint density at radius 1 is 1.26 bits per heavy atom. The Bertz CT molecular complexity index is 546. The van der Waals surface area contributed by atoms with Crippen molar-refractivity contribution in [3.63, 3.8) is 0 Å². The highest BCUT2D eigenvalue weighted by Crippen LogP contribution is 2.23. The summed E-state index contributed by atoms with van der Waals surface area (Å²) < 4.78 is 1.13. The molecule has 0 amide bonds. The van der Waals surface area contributed by atoms with Crippen molar-refractivity contribution >= 4 is 15.9 Å². The van der Waals surface area contributed by atoms with Crippen LogP contribution in [0.25, 0.3) is 0 Å². The van der Waals surface area contributed by atoms with Gasteiger partial charge in [-0.15, -0.1) is 0 Å². The molecular weight excluding hydrogens is 300 g/mol. The molecule has 2 rings (SSSR count). The predicted octanol–water partition coefficient (Wildman–Crippen LogP) is 3.96. The smallest absolute Gasteiger partial charge is 0.0451 e. The van der Waals surface area contributed by atoms with Crippen molar-refractivity contribution in [3.8, 4) is 0 Å². The second kappa shape index (κ2) is 6.31. The number of nitrogens with one attached hydrogen (secondary N) is 1. The number of aryl methyl sites for hydroxylation is 2. The van der Waals surface area contributed by atoms with E-state index in [1.54, 1.807) is 0 Å². The van der Waals surface area contributed by atoms with Gasteiger partial charge in [0, 0.05) is 28.8 Å². The van der Waals surface area contributed by atoms with Gasteiger partial charge >= 0.3 is 0 Å². The number of halogens is 1. The molecule has 1 atom stereocenters. The van der Waals surface area contributed by atoms with E-state index in [4.69, 9.17) is 0 Å². The number of nitrogens with zero attached hydrogens (tertiary/aromatic N) is 1. The van der Waals surface area contributed by atoms with Crippen LogP contribution >= 0.6 is 15.9 Å². The van der Waals surface area contributed by atoms with Gasteiger partial charge in [0.1, 0.15) is 0 Å². The molecule has 19 heavy (non-hydrogen) atoms. The van der Waals surface area contributed by atoms with Crippen molar-refractivity contribution in [2.24, 2.45) is 0 Å². The number of hydrogen-bond donors (Lipinski definition) is 1. The molecule has 0 aliphatic heterocycles. The van der Waals surface area contributed by atoms with Gasteiger partial charge in [0.05, 0.1) is 0 Å². The van der Waals surface area contributed by atoms with Crippen LogP contribution in [0.3, 0.4) is 0 Å². The summed E-state index contributed by atoms with van der Waals surface area (Å²) in [6.07, 6.45) is 2.76. The van der Waals surface area contributed by atoms with Crippen LogP contribution in [0.2, 0.25) is 0 Å². The lowest BCUT2D eigenvalue weighted by molar-refractivity contribution is 0.582. The van der Waals surface area contributed by atoms with Gasteiger partial charge in [-0.2, -0.15) is 0 Å². The lowest BCUT2D eigenvalue weighted by Gasteiger charge is -2.18. The zero-order valence-electron chi connectivity index (χ0n) is 11.6. The highest BCUT2D eigenvalue weighted by atomic mass is 79.9. The molecule has 1 unspecified atom stereocenters. The van der Waals surface area contributed by atoms with E-state index in [-0.39, 0.29) is 6.04 Å². The molecule has 1 N–H and O–H groups in total. The maximum atomic E-state index is 4.48. The van der Waals surface area contributed by atoms with Crippen LogP contribution in [0.5, 0.6) is 0 Å². The Labute approximate surface area is 123 Å². The molecule has 2 aromatic rings. The average molecular weight is 319 g/mol. The quantitative estimate of drug-likeness (QED) is 0.922. The van der Waals surface area contributed by atoms with Gasteiger partial charge in [-0.05, 0) is 55.8 Å². The summed E-state index contributed by atoms with van der Waals surface area (Å²) in [6.45, 7) is 4.23. The standard InChI is InChI=1S/C16H19BrN2/c1-11-7-13(9-14(17)8-11)16(18-3)10-15-12(2)5-4-6-19-15/h4-9,16,18H,10H2,1-3H3. The number of rotatable bonds is 4. The molecule has 1 heterocycles. The number of pyridine rings is 1. The Hall–Kier alpha value is -1.19. The summed E-state index contributed by atoms with van der Waals surface area (Å²) >= 11 is 3.57. The Balaban J connectivity index is 2.28. The molecule has 0 fully saturated rings. The molecule has 2 nitrogen and oxygen atoms in total. The van der Waals surface area contributed by atoms with E-state index in [0.29, 0.717) is 0 Å². The number of hydrogen-bond acceptors (Lipinski definition) is 2. The zero-order valence-corrected chi connectivity index (χ0v) is 13.2. The average Bonchev–Trinajstić information content (AvgIpc) is 2.36. The van der Waals surface area contributed by atoms with Crippen LogP contribution < -0.4 is 5.32 Å². The predicted molar refractivity (Wildman–Crippen MR) is 83.4 cm³/mol. The summed E-state index contributed by atoms with van der Waals surface area (Å²) in [4.78, 5) is 4.48. The molecule has 100 valence electrons. The second-order valence-electron chi connectivity index (χ2n) is 4.87. The van der Waals surface area contributed by atoms with E-state index in [1.165, 1.54) is 16.7 Å². The summed E-state index contributed by atoms with van der Waals surface area (Å²) in [6, 6.07) is 10.9. The second-order valence-corrected chi connectivity index (χ2v) is 5.79. The van der Waals surface area contributed by atoms with Gasteiger partial charge in [0.25, 0.3) is 0 Å². The van der Waals surface area contributed by atoms with Crippen LogP contribution in [0.4, 0.5) is 0 Å². The zero-order chi connectivity index (χ0) is 13.8. The first kappa shape index (κ1) is 14.2. The number of benzene rings is 1. The monoisotopic (exact) mass is 318 g/mol. The Morgan fingerprint density at radius 2 is 2.05 bits per heavy atom. The van der Waals surface area contributed by atoms with Crippen LogP contribution in [0.15, 0.2) is 41.0 Å². The van der Waals surface area contributed by atoms with Crippen molar-refractivity contribution < 1.29 is 0 Å². The van der Waals surface area contributed by atoms with Crippen molar-refractivity contribution in [2.75, 3.05) is 7.05 Å². The summed E-state index contributed by atoms with van der Waals surface area (Å²) in [7, 11) is 2.00. The minimum absolute atomic E-state index is 0.282. The molecule has 0 bridgehead atoms. The summed E-state index contributed by atoms with van der Waals surface area (Å²) in [5, 5.41) is 3.39. The molecular formula is C16H19BrN2. The molecule has 0 aliphatic rings. The van der Waals surface area contributed by atoms with E-state index < -0.39 is 0 Å². The third kappa shape index (κ3) is 3.64. The molecule has 0 radical (unpaired) electrons. The van der Waals surface area contributed by atoms with Gasteiger partial charge in [0.15, 0.2) is 0 Å². The molecule has 0 aliphatic carbocycles. The van der Waals surface area contributed by atoms with Gasteiger partial charge in [-0.1, -0.05) is 28.1 Å². The highest BCUT2D eigenvalue weighted by molar-refractivity contribution is 9.10. The van der Waals surface area contributed by atoms with Gasteiger partial charge in [-0.3, -0.25) is 4.98 Å². The first-order valence-electron chi connectivity index (χ1n) is 6.45. The van der Waals surface area contributed by atoms with E-state index >= 15 is 0 Å². The largest absolute Gasteiger partial charge is 0.313 e. The molecule has 1 aromatic heterocycles. The third-order valence-electron chi connectivity index (χ3n) is 3.33. The fourth-order valence-electron chi connectivity index (χ4n) is 2.28. The van der Waals surface area contributed by atoms with Crippen molar-refractivity contribution in [1.82, 2.24) is 10.3 Å². The van der Waals surface area contributed by atoms with Crippen LogP contribution in [-0.2, 0) is 6.42 Å². The summed E-state index contributed by atoms with van der Waals surface area (Å²) in [5.41, 5.74) is 4.95. The lowest BCUT2D eigenvalue weighted by Crippen LogP contribution is -2.20. The number of aromatic nitrogens is 1. The molecule has 0 saturated carbocycles. The molecule has 1 aromatic carbocycles. The van der Waals surface area contributed by atoms with Crippen LogP contribution in [-0.4, -0.2) is 12.0 Å². The maximum Gasteiger partial charge on any atom is 0.0451 e. The maximum absolute atomic E-state index is 4.48. The van der Waals surface area contributed by atoms with Crippen LogP contribution in [0.1, 0.15) is 28.4 Å².